The van der Waals surface area contributed by atoms with Gasteiger partial charge in [0.15, 0.2) is 12.6 Å². The second-order valence-corrected chi connectivity index (χ2v) is 3.32. The zero-order valence-electron chi connectivity index (χ0n) is 8.31. The number of fused-ring (bicyclic) bond motifs is 1. The Kier molecular flexibility index (Phi) is 2.49. The second-order valence-electron chi connectivity index (χ2n) is 3.32. The summed E-state index contributed by atoms with van der Waals surface area (Å²) in [6.07, 6.45) is 1.17. The summed E-state index contributed by atoms with van der Waals surface area (Å²) in [5.74, 6) is 0. The fourth-order valence-corrected chi connectivity index (χ4v) is 1.74. The number of carbonyl (C=O) groups is 2. The number of hydrogen-bond acceptors (Lipinski definition) is 3. The van der Waals surface area contributed by atoms with E-state index in [-0.39, 0.29) is 16.7 Å². The summed E-state index contributed by atoms with van der Waals surface area (Å²) in [7, 11) is 0. The molecular weight excluding hydrogens is 202 g/mol. The van der Waals surface area contributed by atoms with E-state index < -0.39 is 0 Å². The highest BCUT2D eigenvalue weighted by Gasteiger charge is 2.11. The van der Waals surface area contributed by atoms with Crippen molar-refractivity contribution in [3.05, 3.63) is 47.0 Å². The van der Waals surface area contributed by atoms with Gasteiger partial charge < -0.3 is 0 Å². The van der Waals surface area contributed by atoms with E-state index in [4.69, 9.17) is 5.26 Å². The maximum absolute atomic E-state index is 11.0. The fraction of sp³-hybridized carbons (Fsp3) is 0. The normalized spacial score (nSPS) is 9.69. The predicted octanol–water partition coefficient (Wildman–Crippen LogP) is 2.34. The van der Waals surface area contributed by atoms with Crippen molar-refractivity contribution >= 4 is 23.3 Å². The predicted molar refractivity (Wildman–Crippen MR) is 59.4 cm³/mol. The van der Waals surface area contributed by atoms with Crippen molar-refractivity contribution in [3.8, 4) is 6.07 Å². The number of carbonyl (C=O) groups excluding carboxylic acids is 2. The second kappa shape index (κ2) is 3.95. The van der Waals surface area contributed by atoms with Crippen molar-refractivity contribution in [3.63, 3.8) is 0 Å². The molecule has 0 aromatic heterocycles. The highest BCUT2D eigenvalue weighted by Crippen LogP contribution is 2.23. The first-order valence-electron chi connectivity index (χ1n) is 4.68. The van der Waals surface area contributed by atoms with Crippen molar-refractivity contribution < 1.29 is 9.59 Å². The standard InChI is InChI=1S/C13H7NO2/c14-6-10-5-9-3-1-2-4-11(9)13(8-16)12(10)7-15/h1-5,7-8H. The summed E-state index contributed by atoms with van der Waals surface area (Å²) in [4.78, 5) is 21.9. The molecule has 0 amide bonds. The molecule has 2 aromatic carbocycles. The first-order valence-corrected chi connectivity index (χ1v) is 4.68. The van der Waals surface area contributed by atoms with Crippen LogP contribution in [0.25, 0.3) is 10.8 Å². The summed E-state index contributed by atoms with van der Waals surface area (Å²) in [5.41, 5.74) is 0.677. The van der Waals surface area contributed by atoms with Gasteiger partial charge in [0.2, 0.25) is 0 Å². The van der Waals surface area contributed by atoms with E-state index in [1.807, 2.05) is 12.1 Å². The van der Waals surface area contributed by atoms with Crippen LogP contribution in [-0.2, 0) is 0 Å². The zero-order valence-corrected chi connectivity index (χ0v) is 8.31. The van der Waals surface area contributed by atoms with Crippen LogP contribution in [-0.4, -0.2) is 12.6 Å². The van der Waals surface area contributed by atoms with Gasteiger partial charge in [-0.2, -0.15) is 5.26 Å². The van der Waals surface area contributed by atoms with E-state index in [9.17, 15) is 9.59 Å². The zero-order chi connectivity index (χ0) is 11.5. The quantitative estimate of drug-likeness (QED) is 0.713. The Bertz CT molecular complexity index is 624. The first-order chi connectivity index (χ1) is 7.81. The monoisotopic (exact) mass is 209 g/mol. The molecule has 0 bridgehead atoms. The van der Waals surface area contributed by atoms with Crippen molar-refractivity contribution in [1.82, 2.24) is 0 Å². The van der Waals surface area contributed by atoms with Gasteiger partial charge in [-0.1, -0.05) is 24.3 Å². The van der Waals surface area contributed by atoms with E-state index in [1.165, 1.54) is 0 Å². The Hall–Kier alpha value is -2.47. The Morgan fingerprint density at radius 3 is 2.38 bits per heavy atom. The summed E-state index contributed by atoms with van der Waals surface area (Å²) in [5, 5.41) is 10.4. The molecule has 0 atom stereocenters. The number of aldehydes is 2. The summed E-state index contributed by atoms with van der Waals surface area (Å²) >= 11 is 0. The molecule has 0 N–H and O–H groups in total. The van der Waals surface area contributed by atoms with Gasteiger partial charge in [0.25, 0.3) is 0 Å². The van der Waals surface area contributed by atoms with E-state index in [0.29, 0.717) is 18.0 Å². The van der Waals surface area contributed by atoms with Crippen molar-refractivity contribution in [2.75, 3.05) is 0 Å². The lowest BCUT2D eigenvalue weighted by Gasteiger charge is -2.05. The molecule has 76 valence electrons. The van der Waals surface area contributed by atoms with Crippen LogP contribution in [0.15, 0.2) is 30.3 Å². The average molecular weight is 209 g/mol. The van der Waals surface area contributed by atoms with Gasteiger partial charge in [0.05, 0.1) is 11.6 Å². The molecule has 0 heterocycles. The Labute approximate surface area is 91.9 Å². The minimum atomic E-state index is 0.163. The molecule has 0 spiro atoms. The molecule has 0 saturated carbocycles. The number of nitriles is 1. The van der Waals surface area contributed by atoms with Gasteiger partial charge >= 0.3 is 0 Å². The van der Waals surface area contributed by atoms with E-state index in [2.05, 4.69) is 0 Å². The Morgan fingerprint density at radius 2 is 1.75 bits per heavy atom. The fourth-order valence-electron chi connectivity index (χ4n) is 1.74. The lowest BCUT2D eigenvalue weighted by molar-refractivity contribution is 0.109. The van der Waals surface area contributed by atoms with Crippen LogP contribution < -0.4 is 0 Å². The van der Waals surface area contributed by atoms with E-state index >= 15 is 0 Å². The van der Waals surface area contributed by atoms with Gasteiger partial charge in [-0.25, -0.2) is 0 Å². The molecule has 0 fully saturated rings. The van der Waals surface area contributed by atoms with Gasteiger partial charge in [-0.15, -0.1) is 0 Å². The average Bonchev–Trinajstić information content (AvgIpc) is 2.36. The maximum Gasteiger partial charge on any atom is 0.152 e. The molecule has 0 radical (unpaired) electrons. The molecule has 3 heteroatoms. The van der Waals surface area contributed by atoms with Crippen LogP contribution in [0.1, 0.15) is 26.3 Å². The lowest BCUT2D eigenvalue weighted by atomic mass is 9.96. The van der Waals surface area contributed by atoms with Crippen molar-refractivity contribution in [1.29, 1.82) is 5.26 Å². The summed E-state index contributed by atoms with van der Waals surface area (Å²) in [6, 6.07) is 10.7. The molecule has 0 aliphatic heterocycles. The number of rotatable bonds is 2. The maximum atomic E-state index is 11.0. The van der Waals surface area contributed by atoms with Crippen molar-refractivity contribution in [2.45, 2.75) is 0 Å². The van der Waals surface area contributed by atoms with Crippen LogP contribution in [0, 0.1) is 11.3 Å². The molecule has 0 unspecified atom stereocenters. The van der Waals surface area contributed by atoms with Gasteiger partial charge in [-0.05, 0) is 16.8 Å². The van der Waals surface area contributed by atoms with Crippen LogP contribution >= 0.6 is 0 Å². The third kappa shape index (κ3) is 1.37. The van der Waals surface area contributed by atoms with Gasteiger partial charge in [-0.3, -0.25) is 9.59 Å². The lowest BCUT2D eigenvalue weighted by Crippen LogP contribution is -1.97. The highest BCUT2D eigenvalue weighted by molar-refractivity contribution is 6.06. The Balaban J connectivity index is 3.00. The van der Waals surface area contributed by atoms with Crippen LogP contribution in [0.2, 0.25) is 0 Å². The smallest absolute Gasteiger partial charge is 0.152 e. The van der Waals surface area contributed by atoms with Gasteiger partial charge in [0, 0.05) is 11.1 Å². The highest BCUT2D eigenvalue weighted by atomic mass is 16.1. The van der Waals surface area contributed by atoms with Crippen LogP contribution in [0.5, 0.6) is 0 Å². The summed E-state index contributed by atoms with van der Waals surface area (Å²) < 4.78 is 0. The van der Waals surface area contributed by atoms with Crippen LogP contribution in [0.3, 0.4) is 0 Å². The van der Waals surface area contributed by atoms with Crippen LogP contribution in [0.4, 0.5) is 0 Å². The number of hydrogen-bond donors (Lipinski definition) is 0. The van der Waals surface area contributed by atoms with Gasteiger partial charge in [0.1, 0.15) is 0 Å². The van der Waals surface area contributed by atoms with Crippen molar-refractivity contribution in [2.24, 2.45) is 0 Å². The van der Waals surface area contributed by atoms with E-state index in [0.717, 1.165) is 5.39 Å². The third-order valence-corrected chi connectivity index (χ3v) is 2.49. The molecule has 16 heavy (non-hydrogen) atoms. The molecule has 3 nitrogen and oxygen atoms in total. The Morgan fingerprint density at radius 1 is 1.06 bits per heavy atom. The number of nitrogens with zero attached hydrogens (tertiary/aromatic N) is 1. The molecule has 0 aliphatic carbocycles. The molecular formula is C13H7NO2. The largest absolute Gasteiger partial charge is 0.298 e. The molecule has 2 rings (SSSR count). The molecule has 0 aliphatic rings. The molecule has 0 saturated heterocycles. The summed E-state index contributed by atoms with van der Waals surface area (Å²) in [6.45, 7) is 0. The topological polar surface area (TPSA) is 57.9 Å². The molecule has 2 aromatic rings. The van der Waals surface area contributed by atoms with E-state index in [1.54, 1.807) is 24.3 Å². The number of benzene rings is 2. The third-order valence-electron chi connectivity index (χ3n) is 2.49. The minimum absolute atomic E-state index is 0.163. The SMILES string of the molecule is N#Cc1cc2ccccc2c(C=O)c1C=O. The first kappa shape index (κ1) is 10.1. The minimum Gasteiger partial charge on any atom is -0.298 e.